The molecule has 0 amide bonds. The van der Waals surface area contributed by atoms with Crippen LogP contribution in [0.15, 0.2) is 168 Å². The smallest absolute Gasteiger partial charge is 0.252 e. The lowest BCUT2D eigenvalue weighted by Crippen LogP contribution is -2.60. The number of fused-ring (bicyclic) bond motifs is 12. The average Bonchev–Trinajstić information content (AvgIpc) is 3.93. The highest BCUT2D eigenvalue weighted by Crippen LogP contribution is 2.55. The van der Waals surface area contributed by atoms with E-state index in [1.807, 2.05) is 0 Å². The second-order valence-corrected chi connectivity index (χ2v) is 19.8. The topological polar surface area (TPSA) is 24.6 Å². The van der Waals surface area contributed by atoms with Crippen LogP contribution in [0.5, 0.6) is 0 Å². The Morgan fingerprint density at radius 1 is 0.578 bits per heavy atom. The van der Waals surface area contributed by atoms with E-state index in [2.05, 4.69) is 227 Å². The van der Waals surface area contributed by atoms with Gasteiger partial charge in [-0.15, -0.1) is 0 Å². The molecule has 0 saturated carbocycles. The average molecular weight is 826 g/mol. The summed E-state index contributed by atoms with van der Waals surface area (Å²) in [4.78, 5) is 5.00. The van der Waals surface area contributed by atoms with Crippen LogP contribution in [0.3, 0.4) is 0 Å². The lowest BCUT2D eigenvalue weighted by molar-refractivity contribution is 0.590. The van der Waals surface area contributed by atoms with E-state index in [0.717, 1.165) is 50.4 Å². The summed E-state index contributed by atoms with van der Waals surface area (Å²) < 4.78 is 9.63. The molecule has 0 N–H and O–H groups in total. The number of hydrogen-bond donors (Lipinski definition) is 0. The van der Waals surface area contributed by atoms with Crippen LogP contribution in [-0.4, -0.2) is 11.3 Å². The molecule has 0 bridgehead atoms. The van der Waals surface area contributed by atoms with Gasteiger partial charge in [0.25, 0.3) is 6.71 Å². The number of furan rings is 1. The van der Waals surface area contributed by atoms with Crippen LogP contribution >= 0.6 is 0 Å². The van der Waals surface area contributed by atoms with Crippen LogP contribution < -0.4 is 26.2 Å². The second-order valence-electron chi connectivity index (χ2n) is 19.8. The van der Waals surface area contributed by atoms with Crippen molar-refractivity contribution < 1.29 is 4.42 Å². The summed E-state index contributed by atoms with van der Waals surface area (Å²) >= 11 is 0. The van der Waals surface area contributed by atoms with Gasteiger partial charge in [-0.3, -0.25) is 0 Å². The molecule has 0 saturated heterocycles. The molecule has 0 spiro atoms. The van der Waals surface area contributed by atoms with Gasteiger partial charge >= 0.3 is 0 Å². The van der Waals surface area contributed by atoms with E-state index in [1.165, 1.54) is 77.7 Å². The van der Waals surface area contributed by atoms with E-state index in [9.17, 15) is 0 Å². The van der Waals surface area contributed by atoms with Gasteiger partial charge in [-0.2, -0.15) is 0 Å². The van der Waals surface area contributed by atoms with Gasteiger partial charge in [0.1, 0.15) is 5.58 Å². The maximum Gasteiger partial charge on any atom is 0.252 e. The number of benzene rings is 8. The van der Waals surface area contributed by atoms with Crippen molar-refractivity contribution in [3.63, 3.8) is 0 Å². The van der Waals surface area contributed by atoms with Crippen LogP contribution in [0.2, 0.25) is 0 Å². The predicted octanol–water partition coefficient (Wildman–Crippen LogP) is 13.8. The summed E-state index contributed by atoms with van der Waals surface area (Å²) in [6.07, 6.45) is 0. The SMILES string of the molecule is Cc1ccccc1N(c1ccc2c(c1)N(c1cccc3c1oc1ccccc13)c1cc(C(C)(C)C)cc3c1B2c1cccc2c4c(n-3c12)-c1ccccc1C4(C)C)c1ccccc1C. The Labute approximate surface area is 375 Å². The maximum absolute atomic E-state index is 6.97. The fourth-order valence-corrected chi connectivity index (χ4v) is 11.7. The summed E-state index contributed by atoms with van der Waals surface area (Å²) in [5.41, 5.74) is 24.0. The Morgan fingerprint density at radius 3 is 2.00 bits per heavy atom. The van der Waals surface area contributed by atoms with Gasteiger partial charge in [0.05, 0.1) is 11.4 Å². The van der Waals surface area contributed by atoms with Crippen molar-refractivity contribution in [1.29, 1.82) is 0 Å². The van der Waals surface area contributed by atoms with Gasteiger partial charge in [0.2, 0.25) is 0 Å². The fraction of sp³-hybridized carbons (Fsp3) is 0.153. The number of nitrogens with zero attached hydrogens (tertiary/aromatic N) is 3. The molecule has 8 aromatic carbocycles. The van der Waals surface area contributed by atoms with E-state index in [1.54, 1.807) is 0 Å². The van der Waals surface area contributed by atoms with E-state index in [0.29, 0.717) is 0 Å². The van der Waals surface area contributed by atoms with E-state index in [-0.39, 0.29) is 17.5 Å². The first-order chi connectivity index (χ1) is 31.0. The molecule has 10 aromatic rings. The number of anilines is 6. The van der Waals surface area contributed by atoms with Gasteiger partial charge in [-0.05, 0) is 112 Å². The largest absolute Gasteiger partial charge is 0.454 e. The molecule has 5 heteroatoms. The Balaban J connectivity index is 1.19. The lowest BCUT2D eigenvalue weighted by Gasteiger charge is -2.42. The van der Waals surface area contributed by atoms with Crippen molar-refractivity contribution in [3.8, 4) is 16.9 Å². The number of hydrogen-bond acceptors (Lipinski definition) is 3. The maximum atomic E-state index is 6.97. The molecule has 2 aromatic heterocycles. The van der Waals surface area contributed by atoms with Crippen LogP contribution in [-0.2, 0) is 10.8 Å². The predicted molar refractivity (Wildman–Crippen MR) is 270 cm³/mol. The zero-order valence-corrected chi connectivity index (χ0v) is 37.4. The number of aromatic nitrogens is 1. The minimum Gasteiger partial charge on any atom is -0.454 e. The molecule has 0 radical (unpaired) electrons. The van der Waals surface area contributed by atoms with Gasteiger partial charge in [0.15, 0.2) is 5.58 Å². The highest BCUT2D eigenvalue weighted by atomic mass is 16.3. The Bertz CT molecular complexity index is 3590. The highest BCUT2D eigenvalue weighted by molar-refractivity contribution is 7.00. The third kappa shape index (κ3) is 4.90. The number of rotatable bonds is 4. The van der Waals surface area contributed by atoms with Crippen LogP contribution in [0.1, 0.15) is 62.4 Å². The molecule has 4 heterocycles. The van der Waals surface area contributed by atoms with Crippen molar-refractivity contribution in [2.75, 3.05) is 9.80 Å². The summed E-state index contributed by atoms with van der Waals surface area (Å²) in [5.74, 6) is 0. The molecule has 3 aliphatic rings. The standard InChI is InChI=1S/C59H48BN3O/c1-35-18-8-13-26-46(35)61(47-27-14-9-19-36(47)2)38-30-31-44-49(34-38)62(48-28-17-22-40-39-20-11-15-29-52(39)64-57(40)48)50-32-37(58(3,4)5)33-51-54(50)60(44)45-25-16-23-42-53-56(63(51)55(42)45)41-21-10-12-24-43(41)59(53,6)7/h8-34H,1-7H3. The summed E-state index contributed by atoms with van der Waals surface area (Å²) in [6, 6.07) is 61.1. The lowest BCUT2D eigenvalue weighted by atomic mass is 9.33. The van der Waals surface area contributed by atoms with E-state index < -0.39 is 0 Å². The van der Waals surface area contributed by atoms with Gasteiger partial charge in [0, 0.05) is 66.8 Å². The summed E-state index contributed by atoms with van der Waals surface area (Å²) in [7, 11) is 0. The van der Waals surface area contributed by atoms with Crippen molar-refractivity contribution in [2.24, 2.45) is 0 Å². The quantitative estimate of drug-likeness (QED) is 0.165. The van der Waals surface area contributed by atoms with Crippen molar-refractivity contribution in [3.05, 3.63) is 192 Å². The van der Waals surface area contributed by atoms with Crippen LogP contribution in [0.4, 0.5) is 34.1 Å². The molecule has 0 fully saturated rings. The first-order valence-corrected chi connectivity index (χ1v) is 22.7. The molecule has 308 valence electrons. The fourth-order valence-electron chi connectivity index (χ4n) is 11.7. The van der Waals surface area contributed by atoms with Crippen molar-refractivity contribution in [2.45, 2.75) is 59.3 Å². The number of para-hydroxylation sites is 5. The Hall–Kier alpha value is -7.24. The summed E-state index contributed by atoms with van der Waals surface area (Å²) in [6.45, 7) is 16.3. The molecule has 1 aliphatic carbocycles. The molecule has 64 heavy (non-hydrogen) atoms. The minimum atomic E-state index is -0.164. The van der Waals surface area contributed by atoms with Crippen LogP contribution in [0.25, 0.3) is 49.8 Å². The van der Waals surface area contributed by atoms with Gasteiger partial charge in [-0.1, -0.05) is 150 Å². The highest BCUT2D eigenvalue weighted by Gasteiger charge is 2.47. The molecule has 4 nitrogen and oxygen atoms in total. The zero-order chi connectivity index (χ0) is 43.4. The normalized spacial score (nSPS) is 14.2. The monoisotopic (exact) mass is 825 g/mol. The third-order valence-corrected chi connectivity index (χ3v) is 14.7. The summed E-state index contributed by atoms with van der Waals surface area (Å²) in [5, 5.41) is 3.59. The second kappa shape index (κ2) is 12.9. The third-order valence-electron chi connectivity index (χ3n) is 14.7. The van der Waals surface area contributed by atoms with Gasteiger partial charge < -0.3 is 18.8 Å². The molecular formula is C59H48BN3O. The molecule has 13 rings (SSSR count). The molecule has 0 atom stereocenters. The molecule has 2 aliphatic heterocycles. The Morgan fingerprint density at radius 2 is 1.23 bits per heavy atom. The van der Waals surface area contributed by atoms with Crippen molar-refractivity contribution >= 4 is 90.1 Å². The van der Waals surface area contributed by atoms with Crippen LogP contribution in [0, 0.1) is 13.8 Å². The van der Waals surface area contributed by atoms with Crippen molar-refractivity contribution in [1.82, 2.24) is 4.57 Å². The number of aryl methyl sites for hydroxylation is 2. The zero-order valence-electron chi connectivity index (χ0n) is 37.4. The van der Waals surface area contributed by atoms with E-state index in [4.69, 9.17) is 4.42 Å². The van der Waals surface area contributed by atoms with E-state index >= 15 is 0 Å². The molecule has 0 unspecified atom stereocenters. The first kappa shape index (κ1) is 37.3. The minimum absolute atomic E-state index is 0.0100. The van der Waals surface area contributed by atoms with Gasteiger partial charge in [-0.25, -0.2) is 0 Å². The first-order valence-electron chi connectivity index (χ1n) is 22.7. The molecular weight excluding hydrogens is 777 g/mol. The Kier molecular flexibility index (Phi) is 7.54.